The van der Waals surface area contributed by atoms with E-state index in [1.165, 1.54) is 121 Å². The van der Waals surface area contributed by atoms with Crippen LogP contribution in [0.1, 0.15) is 199 Å². The highest BCUT2D eigenvalue weighted by Crippen LogP contribution is 2.47. The van der Waals surface area contributed by atoms with E-state index in [0.717, 1.165) is 152 Å². The maximum Gasteiger partial charge on any atom is 0.0769 e. The second kappa shape index (κ2) is 20.8. The molecule has 1 aliphatic carbocycles. The zero-order valence-electron chi connectivity index (χ0n) is 52.4. The van der Waals surface area contributed by atoms with E-state index in [1.807, 2.05) is 0 Å². The summed E-state index contributed by atoms with van der Waals surface area (Å²) < 4.78 is 0. The summed E-state index contributed by atoms with van der Waals surface area (Å²) in [6.45, 7) is 36.4. The molecule has 4 aliphatic heterocycles. The van der Waals surface area contributed by atoms with Crippen LogP contribution in [0.3, 0.4) is 0 Å². The van der Waals surface area contributed by atoms with Crippen LogP contribution >= 0.6 is 0 Å². The van der Waals surface area contributed by atoms with Crippen LogP contribution in [0.4, 0.5) is 0 Å². The van der Waals surface area contributed by atoms with Gasteiger partial charge in [0.15, 0.2) is 0 Å². The number of hydrogen-bond acceptors (Lipinski definition) is 4. The van der Waals surface area contributed by atoms with Gasteiger partial charge in [-0.2, -0.15) is 0 Å². The maximum absolute atomic E-state index is 5.87. The highest BCUT2D eigenvalue weighted by Gasteiger charge is 2.29. The van der Waals surface area contributed by atoms with Crippen molar-refractivity contribution < 1.29 is 0 Å². The average Bonchev–Trinajstić information content (AvgIpc) is 0.969. The molecule has 0 saturated carbocycles. The molecule has 2 aromatic carbocycles. The van der Waals surface area contributed by atoms with Crippen molar-refractivity contribution >= 4 is 88.7 Å². The molecule has 5 aliphatic rings. The molecule has 13 rings (SSSR count). The predicted molar refractivity (Wildman–Crippen MR) is 356 cm³/mol. The van der Waals surface area contributed by atoms with Gasteiger partial charge in [0.05, 0.1) is 56.6 Å². The SMILES string of the molecule is CCC1=C(C)c2cc3[nH]c(c(CC)c3C)c(-c3cccc4c3=c3c(-c5c6nc(cc7[nH]c(cc8nc(cc9[nH]c5c(CC)c9C)C(C)=C8CC)c(C)c7CC)C(CC)=C6C)cccc3=4)c3nc(cc4[nH]c(cc1n2)c(C)c4CC)C(CC)=C3C. The number of benzene rings is 2. The third-order valence-corrected chi connectivity index (χ3v) is 19.9. The lowest BCUT2D eigenvalue weighted by atomic mass is 9.86. The van der Waals surface area contributed by atoms with Gasteiger partial charge in [-0.15, -0.1) is 0 Å². The van der Waals surface area contributed by atoms with Crippen molar-refractivity contribution in [1.82, 2.24) is 39.9 Å². The molecule has 0 spiro atoms. The lowest BCUT2D eigenvalue weighted by Gasteiger charge is -2.17. The maximum atomic E-state index is 5.87. The van der Waals surface area contributed by atoms with E-state index in [1.54, 1.807) is 0 Å². The molecular formula is C76H80N8. The predicted octanol–water partition coefficient (Wildman–Crippen LogP) is 20.0. The number of rotatable bonds is 10. The highest BCUT2D eigenvalue weighted by molar-refractivity contribution is 6.04. The fourth-order valence-electron chi connectivity index (χ4n) is 15.2. The van der Waals surface area contributed by atoms with Crippen LogP contribution in [0.15, 0.2) is 72.8 Å². The second-order valence-electron chi connectivity index (χ2n) is 23.9. The number of allylic oxidation sites excluding steroid dienone is 8. The molecular weight excluding hydrogens is 1020 g/mol. The van der Waals surface area contributed by atoms with Gasteiger partial charge in [0.25, 0.3) is 0 Å². The summed E-state index contributed by atoms with van der Waals surface area (Å²) in [5, 5.41) is 4.98. The first kappa shape index (κ1) is 54.9. The zero-order valence-corrected chi connectivity index (χ0v) is 52.4. The number of aromatic amines is 4. The summed E-state index contributed by atoms with van der Waals surface area (Å²) >= 11 is 0. The Morgan fingerprint density at radius 2 is 0.619 bits per heavy atom. The highest BCUT2D eigenvalue weighted by atomic mass is 14.8. The first-order valence-electron chi connectivity index (χ1n) is 31.2. The van der Waals surface area contributed by atoms with Gasteiger partial charge in [-0.3, -0.25) is 0 Å². The smallest absolute Gasteiger partial charge is 0.0769 e. The van der Waals surface area contributed by atoms with Gasteiger partial charge >= 0.3 is 0 Å². The molecule has 0 atom stereocenters. The van der Waals surface area contributed by atoms with Crippen molar-refractivity contribution in [3.8, 4) is 22.3 Å². The Labute approximate surface area is 494 Å². The third-order valence-electron chi connectivity index (χ3n) is 19.9. The Morgan fingerprint density at radius 1 is 0.310 bits per heavy atom. The molecule has 0 amide bonds. The van der Waals surface area contributed by atoms with Crippen LogP contribution in [0.25, 0.3) is 111 Å². The molecule has 0 unspecified atom stereocenters. The minimum atomic E-state index is 0.842. The number of aryl methyl sites for hydroxylation is 8. The molecule has 4 N–H and O–H groups in total. The number of aromatic nitrogens is 8. The van der Waals surface area contributed by atoms with Gasteiger partial charge < -0.3 is 19.9 Å². The summed E-state index contributed by atoms with van der Waals surface area (Å²) in [5.41, 5.74) is 41.8. The fraction of sp³-hybridized carbons (Fsp3) is 0.316. The fourth-order valence-corrected chi connectivity index (χ4v) is 15.2. The minimum Gasteiger partial charge on any atom is -0.355 e. The van der Waals surface area contributed by atoms with E-state index in [9.17, 15) is 0 Å². The standard InChI is InChI=1S/C76H80N8/c1-17-45-37(9)57-31-61-41(13)51(23-7)75(81-61)71(73-43(15)49(21-5)67(83-73)35-65-47(19-3)39(11)59(79-65)33-63(45)77-57)55-29-25-27-53-54-28-26-30-56(70(54)69(53)55)72-74-44(16)50(22-6)68(84-74)36-66-48(20-4)40(12)60(80-66)34-64-46(18-2)38(10)58(78-64)32-62-42(14)52(24-8)76(72)82-62/h25-36,79-82H,17-24H2,1-16H3. The summed E-state index contributed by atoms with van der Waals surface area (Å²) in [6, 6.07) is 27.8. The summed E-state index contributed by atoms with van der Waals surface area (Å²) in [4.78, 5) is 38.7. The van der Waals surface area contributed by atoms with E-state index >= 15 is 0 Å². The zero-order chi connectivity index (χ0) is 58.9. The van der Waals surface area contributed by atoms with Gasteiger partial charge in [0, 0.05) is 44.2 Å². The molecule has 8 heteroatoms. The molecule has 0 saturated heterocycles. The Morgan fingerprint density at radius 3 is 0.976 bits per heavy atom. The molecule has 0 radical (unpaired) electrons. The lowest BCUT2D eigenvalue weighted by Crippen LogP contribution is -2.01. The van der Waals surface area contributed by atoms with Crippen molar-refractivity contribution in [1.29, 1.82) is 0 Å². The Hall–Kier alpha value is -8.36. The molecule has 0 fully saturated rings. The van der Waals surface area contributed by atoms with Crippen molar-refractivity contribution in [2.45, 2.75) is 162 Å². The van der Waals surface area contributed by atoms with E-state index in [0.29, 0.717) is 0 Å². The van der Waals surface area contributed by atoms with Gasteiger partial charge in [-0.25, -0.2) is 19.9 Å². The number of nitrogens with one attached hydrogen (secondary N) is 4. The molecule has 6 aromatic heterocycles. The van der Waals surface area contributed by atoms with Crippen LogP contribution in [-0.2, 0) is 25.7 Å². The Kier molecular flexibility index (Phi) is 13.6. The van der Waals surface area contributed by atoms with Crippen LogP contribution in [0.2, 0.25) is 0 Å². The second-order valence-corrected chi connectivity index (χ2v) is 23.9. The molecule has 8 aromatic rings. The monoisotopic (exact) mass is 1100 g/mol. The first-order valence-corrected chi connectivity index (χ1v) is 31.2. The van der Waals surface area contributed by atoms with Crippen molar-refractivity contribution in [3.63, 3.8) is 0 Å². The summed E-state index contributed by atoms with van der Waals surface area (Å²) in [7, 11) is 0. The molecule has 10 heterocycles. The van der Waals surface area contributed by atoms with E-state index in [2.05, 4.69) is 204 Å². The number of nitrogens with zero attached hydrogens (tertiary/aromatic N) is 4. The Balaban J connectivity index is 1.22. The topological polar surface area (TPSA) is 115 Å². The number of H-pyrrole nitrogens is 4. The summed E-state index contributed by atoms with van der Waals surface area (Å²) in [6.07, 6.45) is 6.99. The van der Waals surface area contributed by atoms with Crippen molar-refractivity contribution in [2.75, 3.05) is 0 Å². The van der Waals surface area contributed by atoms with Crippen LogP contribution in [0, 0.1) is 48.6 Å². The van der Waals surface area contributed by atoms with Crippen molar-refractivity contribution in [2.24, 2.45) is 0 Å². The number of fused-ring (bicyclic) bond motifs is 18. The quantitative estimate of drug-likeness (QED) is 0.109. The molecule has 16 bridgehead atoms. The first-order chi connectivity index (χ1) is 40.6. The van der Waals surface area contributed by atoms with Gasteiger partial charge in [0.2, 0.25) is 0 Å². The van der Waals surface area contributed by atoms with E-state index in [4.69, 9.17) is 19.9 Å². The summed E-state index contributed by atoms with van der Waals surface area (Å²) in [5.74, 6) is 0. The minimum absolute atomic E-state index is 0.842. The lowest BCUT2D eigenvalue weighted by molar-refractivity contribution is 1.14. The largest absolute Gasteiger partial charge is 0.355 e. The van der Waals surface area contributed by atoms with Gasteiger partial charge in [-0.05, 0) is 264 Å². The molecule has 8 nitrogen and oxygen atoms in total. The van der Waals surface area contributed by atoms with Crippen LogP contribution in [0.5, 0.6) is 0 Å². The molecule has 84 heavy (non-hydrogen) atoms. The number of hydrogen-bond donors (Lipinski definition) is 4. The van der Waals surface area contributed by atoms with Crippen molar-refractivity contribution in [3.05, 3.63) is 184 Å². The normalized spacial score (nSPS) is 13.9. The molecule has 424 valence electrons. The van der Waals surface area contributed by atoms with E-state index < -0.39 is 0 Å². The average molecular weight is 1110 g/mol. The van der Waals surface area contributed by atoms with E-state index in [-0.39, 0.29) is 0 Å². The van der Waals surface area contributed by atoms with Gasteiger partial charge in [0.1, 0.15) is 0 Å². The van der Waals surface area contributed by atoms with Crippen LogP contribution in [-0.4, -0.2) is 39.9 Å². The third kappa shape index (κ3) is 8.05. The Bertz CT molecular complexity index is 4640. The van der Waals surface area contributed by atoms with Crippen LogP contribution < -0.4 is 0 Å². The van der Waals surface area contributed by atoms with Gasteiger partial charge in [-0.1, -0.05) is 91.8 Å².